The van der Waals surface area contributed by atoms with Crippen molar-refractivity contribution in [3.8, 4) is 11.1 Å². The van der Waals surface area contributed by atoms with E-state index in [1.54, 1.807) is 12.1 Å². The molecule has 3 aromatic heterocycles. The van der Waals surface area contributed by atoms with Crippen molar-refractivity contribution in [3.05, 3.63) is 98.6 Å². The number of benzene rings is 1. The van der Waals surface area contributed by atoms with Gasteiger partial charge < -0.3 is 9.97 Å². The van der Waals surface area contributed by atoms with Crippen molar-refractivity contribution in [1.82, 2.24) is 19.9 Å². The van der Waals surface area contributed by atoms with Gasteiger partial charge in [0.1, 0.15) is 0 Å². The zero-order valence-electron chi connectivity index (χ0n) is 19.2. The van der Waals surface area contributed by atoms with Crippen LogP contribution in [0.3, 0.4) is 0 Å². The molecule has 0 fully saturated rings. The van der Waals surface area contributed by atoms with E-state index in [1.807, 2.05) is 74.5 Å². The fraction of sp³-hybridized carbons (Fsp3) is 0.0714. The van der Waals surface area contributed by atoms with Gasteiger partial charge in [0.2, 0.25) is 0 Å². The van der Waals surface area contributed by atoms with Gasteiger partial charge in [0.05, 0.1) is 27.7 Å². The monoisotopic (exact) mass is 459 g/mol. The highest BCUT2D eigenvalue weighted by molar-refractivity contribution is 5.90. The van der Waals surface area contributed by atoms with Crippen LogP contribution in [0.1, 0.15) is 33.9 Å². The first-order valence-corrected chi connectivity index (χ1v) is 11.3. The fourth-order valence-electron chi connectivity index (χ4n) is 4.70. The van der Waals surface area contributed by atoms with E-state index >= 15 is 0 Å². The van der Waals surface area contributed by atoms with Crippen LogP contribution in [0.25, 0.3) is 57.5 Å². The summed E-state index contributed by atoms with van der Waals surface area (Å²) in [6.07, 6.45) is 7.93. The SMILES string of the molecule is Cc1cc([N+](=O)[O-])cc(C)c1-c1cc2cc3nc(cc4ccc(cc5nc(cc1[nH]2)C=C5)[nH]4)C=C3. The van der Waals surface area contributed by atoms with Crippen LogP contribution < -0.4 is 0 Å². The second kappa shape index (κ2) is 7.92. The van der Waals surface area contributed by atoms with Gasteiger partial charge in [-0.2, -0.15) is 0 Å². The van der Waals surface area contributed by atoms with Crippen molar-refractivity contribution >= 4 is 52.1 Å². The number of nitro benzene ring substituents is 1. The molecule has 170 valence electrons. The zero-order valence-corrected chi connectivity index (χ0v) is 19.2. The molecule has 7 nitrogen and oxygen atoms in total. The fourth-order valence-corrected chi connectivity index (χ4v) is 4.70. The Morgan fingerprint density at radius 1 is 0.686 bits per heavy atom. The molecule has 35 heavy (non-hydrogen) atoms. The highest BCUT2D eigenvalue weighted by Gasteiger charge is 2.16. The van der Waals surface area contributed by atoms with Gasteiger partial charge in [-0.05, 0) is 97.3 Å². The minimum absolute atomic E-state index is 0.0945. The van der Waals surface area contributed by atoms with Crippen LogP contribution >= 0.6 is 0 Å². The molecular formula is C28H21N5O2. The quantitative estimate of drug-likeness (QED) is 0.218. The minimum atomic E-state index is -0.353. The lowest BCUT2D eigenvalue weighted by molar-refractivity contribution is -0.384. The molecule has 5 heterocycles. The molecule has 2 N–H and O–H groups in total. The van der Waals surface area contributed by atoms with E-state index in [4.69, 9.17) is 9.97 Å². The summed E-state index contributed by atoms with van der Waals surface area (Å²) < 4.78 is 0. The van der Waals surface area contributed by atoms with E-state index in [0.29, 0.717) is 0 Å². The Bertz CT molecular complexity index is 1730. The average Bonchev–Trinajstić information content (AvgIpc) is 3.59. The van der Waals surface area contributed by atoms with Gasteiger partial charge in [-0.25, -0.2) is 9.97 Å². The number of aromatic amines is 2. The predicted molar refractivity (Wildman–Crippen MR) is 140 cm³/mol. The third kappa shape index (κ3) is 3.93. The molecule has 0 saturated carbocycles. The number of nitro groups is 1. The summed E-state index contributed by atoms with van der Waals surface area (Å²) in [5.74, 6) is 0. The lowest BCUT2D eigenvalue weighted by Gasteiger charge is -2.09. The maximum absolute atomic E-state index is 11.4. The molecule has 8 bridgehead atoms. The largest absolute Gasteiger partial charge is 0.355 e. The van der Waals surface area contributed by atoms with Gasteiger partial charge >= 0.3 is 0 Å². The van der Waals surface area contributed by atoms with Crippen LogP contribution in [-0.4, -0.2) is 24.9 Å². The van der Waals surface area contributed by atoms with Crippen LogP contribution in [0.5, 0.6) is 0 Å². The molecule has 0 aliphatic carbocycles. The van der Waals surface area contributed by atoms with E-state index in [1.165, 1.54) is 0 Å². The van der Waals surface area contributed by atoms with E-state index in [2.05, 4.69) is 16.0 Å². The lowest BCUT2D eigenvalue weighted by Crippen LogP contribution is -1.93. The summed E-state index contributed by atoms with van der Waals surface area (Å²) in [6, 6.07) is 17.4. The van der Waals surface area contributed by atoms with E-state index in [0.717, 1.165) is 67.1 Å². The maximum atomic E-state index is 11.4. The van der Waals surface area contributed by atoms with Crippen molar-refractivity contribution in [3.63, 3.8) is 0 Å². The first kappa shape index (κ1) is 20.8. The Labute approximate surface area is 200 Å². The maximum Gasteiger partial charge on any atom is 0.269 e. The predicted octanol–water partition coefficient (Wildman–Crippen LogP) is 6.85. The van der Waals surface area contributed by atoms with Crippen molar-refractivity contribution in [2.24, 2.45) is 0 Å². The molecule has 6 rings (SSSR count). The average molecular weight is 460 g/mol. The third-order valence-electron chi connectivity index (χ3n) is 6.17. The number of nitrogens with one attached hydrogen (secondary N) is 2. The van der Waals surface area contributed by atoms with Crippen molar-refractivity contribution in [1.29, 1.82) is 0 Å². The van der Waals surface area contributed by atoms with E-state index in [-0.39, 0.29) is 10.6 Å². The van der Waals surface area contributed by atoms with Gasteiger partial charge in [0, 0.05) is 39.8 Å². The van der Waals surface area contributed by atoms with Crippen LogP contribution in [-0.2, 0) is 0 Å². The topological polar surface area (TPSA) is 100 Å². The van der Waals surface area contributed by atoms with Crippen LogP contribution in [0.2, 0.25) is 0 Å². The molecule has 0 radical (unpaired) electrons. The van der Waals surface area contributed by atoms with Crippen molar-refractivity contribution in [2.45, 2.75) is 13.8 Å². The van der Waals surface area contributed by atoms with Crippen LogP contribution in [0, 0.1) is 24.0 Å². The lowest BCUT2D eigenvalue weighted by atomic mass is 9.95. The summed E-state index contributed by atoms with van der Waals surface area (Å²) >= 11 is 0. The summed E-state index contributed by atoms with van der Waals surface area (Å²) in [7, 11) is 0. The van der Waals surface area contributed by atoms with Gasteiger partial charge in [0.15, 0.2) is 0 Å². The number of rotatable bonds is 2. The second-order valence-electron chi connectivity index (χ2n) is 8.80. The number of hydrogen-bond acceptors (Lipinski definition) is 4. The van der Waals surface area contributed by atoms with Crippen LogP contribution in [0.4, 0.5) is 5.69 Å². The van der Waals surface area contributed by atoms with Crippen LogP contribution in [0.15, 0.2) is 54.6 Å². The highest BCUT2D eigenvalue weighted by atomic mass is 16.6. The molecular weight excluding hydrogens is 438 g/mol. The number of H-pyrrole nitrogens is 2. The zero-order chi connectivity index (χ0) is 24.1. The summed E-state index contributed by atoms with van der Waals surface area (Å²) in [5, 5.41) is 11.4. The number of fused-ring (bicyclic) bond motifs is 8. The van der Waals surface area contributed by atoms with E-state index < -0.39 is 0 Å². The Balaban J connectivity index is 1.66. The first-order chi connectivity index (χ1) is 16.9. The molecule has 2 aliphatic heterocycles. The molecule has 0 amide bonds. The Kier molecular flexibility index (Phi) is 4.70. The molecule has 4 aromatic rings. The Hall–Kier alpha value is -4.78. The molecule has 7 heteroatoms. The molecule has 0 unspecified atom stereocenters. The number of hydrogen-bond donors (Lipinski definition) is 2. The number of non-ortho nitro benzene ring substituents is 1. The molecule has 0 spiro atoms. The number of nitrogens with zero attached hydrogens (tertiary/aromatic N) is 3. The normalized spacial score (nSPS) is 12.3. The van der Waals surface area contributed by atoms with Gasteiger partial charge in [0.25, 0.3) is 5.69 Å². The summed E-state index contributed by atoms with van der Waals surface area (Å²) in [5.41, 5.74) is 10.8. The first-order valence-electron chi connectivity index (χ1n) is 11.3. The van der Waals surface area contributed by atoms with Crippen molar-refractivity contribution < 1.29 is 4.92 Å². The third-order valence-corrected chi connectivity index (χ3v) is 6.17. The number of aryl methyl sites for hydroxylation is 2. The van der Waals surface area contributed by atoms with Crippen molar-refractivity contribution in [2.75, 3.05) is 0 Å². The summed E-state index contributed by atoms with van der Waals surface area (Å²) in [6.45, 7) is 3.81. The minimum Gasteiger partial charge on any atom is -0.355 e. The highest BCUT2D eigenvalue weighted by Crippen LogP contribution is 2.35. The second-order valence-corrected chi connectivity index (χ2v) is 8.80. The molecule has 1 aromatic carbocycles. The molecule has 2 aliphatic rings. The molecule has 0 saturated heterocycles. The number of aromatic nitrogens is 4. The Morgan fingerprint density at radius 3 is 1.74 bits per heavy atom. The Morgan fingerprint density at radius 2 is 1.20 bits per heavy atom. The van der Waals surface area contributed by atoms with Gasteiger partial charge in [-0.3, -0.25) is 10.1 Å². The standard InChI is InChI=1S/C28H21N5O2/c1-16-9-25(33(34)35)10-17(2)28(16)26-14-24-13-22-6-5-20(30-22)11-18-3-4-19(29-18)12-21-7-8-23(31-21)15-27(26)32-24/h3-15,29,32H,1-2H3. The van der Waals surface area contributed by atoms with E-state index in [9.17, 15) is 10.1 Å². The smallest absolute Gasteiger partial charge is 0.269 e. The summed E-state index contributed by atoms with van der Waals surface area (Å²) in [4.78, 5) is 27.4. The van der Waals surface area contributed by atoms with Gasteiger partial charge in [-0.1, -0.05) is 0 Å². The molecule has 0 atom stereocenters. The van der Waals surface area contributed by atoms with Gasteiger partial charge in [-0.15, -0.1) is 0 Å².